The summed E-state index contributed by atoms with van der Waals surface area (Å²) in [5, 5.41) is 3.98. The van der Waals surface area contributed by atoms with E-state index in [0.717, 1.165) is 30.9 Å². The van der Waals surface area contributed by atoms with Crippen molar-refractivity contribution in [2.75, 3.05) is 18.1 Å². The number of benzene rings is 2. The molecule has 7 nitrogen and oxygen atoms in total. The van der Waals surface area contributed by atoms with Gasteiger partial charge in [-0.05, 0) is 76.8 Å². The fraction of sp³-hybridized carbons (Fsp3) is 0.464. The highest BCUT2D eigenvalue weighted by atomic mass is 19.4. The lowest BCUT2D eigenvalue weighted by Crippen LogP contribution is -2.38. The zero-order chi connectivity index (χ0) is 27.5. The third-order valence-electron chi connectivity index (χ3n) is 6.18. The van der Waals surface area contributed by atoms with Crippen LogP contribution < -0.4 is 4.90 Å². The SMILES string of the molecule is CC1CCCCN1c1ccc(-c2nc(-c3cccc(COCC(=O)OC(C)(C)C)c3)no2)cc1C(F)(F)F. The number of aromatic nitrogens is 2. The molecule has 0 amide bonds. The topological polar surface area (TPSA) is 77.7 Å². The number of halogens is 3. The Balaban J connectivity index is 1.51. The second-order valence-corrected chi connectivity index (χ2v) is 10.5. The first-order valence-electron chi connectivity index (χ1n) is 12.6. The molecule has 3 aromatic rings. The van der Waals surface area contributed by atoms with Crippen LogP contribution in [0.2, 0.25) is 0 Å². The van der Waals surface area contributed by atoms with Crippen molar-refractivity contribution in [3.63, 3.8) is 0 Å². The lowest BCUT2D eigenvalue weighted by Gasteiger charge is -2.37. The van der Waals surface area contributed by atoms with Gasteiger partial charge in [0.2, 0.25) is 5.82 Å². The summed E-state index contributed by atoms with van der Waals surface area (Å²) in [5.74, 6) is -0.234. The molecule has 2 heterocycles. The van der Waals surface area contributed by atoms with Crippen molar-refractivity contribution >= 4 is 11.7 Å². The number of alkyl halides is 3. The number of piperidine rings is 1. The van der Waals surface area contributed by atoms with Crippen LogP contribution in [0.25, 0.3) is 22.8 Å². The van der Waals surface area contributed by atoms with E-state index in [0.29, 0.717) is 12.1 Å². The number of hydrogen-bond acceptors (Lipinski definition) is 7. The van der Waals surface area contributed by atoms with E-state index in [9.17, 15) is 18.0 Å². The molecule has 1 aliphatic rings. The zero-order valence-electron chi connectivity index (χ0n) is 22.0. The fourth-order valence-electron chi connectivity index (χ4n) is 4.48. The standard InChI is InChI=1S/C28H32F3N3O4/c1-18-8-5-6-13-34(18)23-12-11-21(15-22(23)28(29,30)31)26-32-25(33-38-26)20-10-7-9-19(14-20)16-36-17-24(35)37-27(2,3)4/h7,9-12,14-15,18H,5-6,8,13,16-17H2,1-4H3. The molecule has 1 saturated heterocycles. The first kappa shape index (κ1) is 27.6. The summed E-state index contributed by atoms with van der Waals surface area (Å²) in [6.45, 7) is 7.84. The Bertz CT molecular complexity index is 1270. The van der Waals surface area contributed by atoms with Crippen molar-refractivity contribution in [3.05, 3.63) is 53.6 Å². The number of rotatable bonds is 7. The van der Waals surface area contributed by atoms with Gasteiger partial charge < -0.3 is 18.9 Å². The van der Waals surface area contributed by atoms with E-state index in [-0.39, 0.29) is 42.2 Å². The van der Waals surface area contributed by atoms with Crippen LogP contribution in [0.1, 0.15) is 58.1 Å². The number of nitrogens with zero attached hydrogens (tertiary/aromatic N) is 3. The fourth-order valence-corrected chi connectivity index (χ4v) is 4.48. The molecular weight excluding hydrogens is 499 g/mol. The molecule has 10 heteroatoms. The quantitative estimate of drug-likeness (QED) is 0.316. The Morgan fingerprint density at radius 3 is 2.61 bits per heavy atom. The normalized spacial score (nSPS) is 16.5. The van der Waals surface area contributed by atoms with Crippen LogP contribution in [0.15, 0.2) is 47.0 Å². The Hall–Kier alpha value is -3.40. The molecule has 1 aromatic heterocycles. The first-order chi connectivity index (χ1) is 17.9. The van der Waals surface area contributed by atoms with Gasteiger partial charge in [-0.2, -0.15) is 18.2 Å². The molecule has 38 heavy (non-hydrogen) atoms. The summed E-state index contributed by atoms with van der Waals surface area (Å²) in [6, 6.07) is 11.3. The molecular formula is C28H32F3N3O4. The van der Waals surface area contributed by atoms with E-state index in [1.54, 1.807) is 45.0 Å². The van der Waals surface area contributed by atoms with Gasteiger partial charge in [-0.1, -0.05) is 23.4 Å². The van der Waals surface area contributed by atoms with Gasteiger partial charge in [0.05, 0.1) is 12.2 Å². The number of ether oxygens (including phenoxy) is 2. The zero-order valence-corrected chi connectivity index (χ0v) is 22.0. The predicted octanol–water partition coefficient (Wildman–Crippen LogP) is 6.66. The third kappa shape index (κ3) is 6.92. The second-order valence-electron chi connectivity index (χ2n) is 10.5. The second kappa shape index (κ2) is 11.1. The summed E-state index contributed by atoms with van der Waals surface area (Å²) >= 11 is 0. The molecule has 2 aromatic carbocycles. The summed E-state index contributed by atoms with van der Waals surface area (Å²) in [7, 11) is 0. The minimum Gasteiger partial charge on any atom is -0.458 e. The van der Waals surface area contributed by atoms with Gasteiger partial charge >= 0.3 is 12.1 Å². The molecule has 204 valence electrons. The largest absolute Gasteiger partial charge is 0.458 e. The maximum Gasteiger partial charge on any atom is 0.418 e. The Morgan fingerprint density at radius 1 is 1.11 bits per heavy atom. The Labute approximate surface area is 219 Å². The van der Waals surface area contributed by atoms with E-state index in [1.807, 2.05) is 17.9 Å². The van der Waals surface area contributed by atoms with E-state index in [4.69, 9.17) is 14.0 Å². The van der Waals surface area contributed by atoms with Crippen LogP contribution in [0.3, 0.4) is 0 Å². The molecule has 1 fully saturated rings. The van der Waals surface area contributed by atoms with Crippen LogP contribution in [0, 0.1) is 0 Å². The molecule has 0 aliphatic carbocycles. The van der Waals surface area contributed by atoms with Crippen molar-refractivity contribution in [2.24, 2.45) is 0 Å². The van der Waals surface area contributed by atoms with Crippen molar-refractivity contribution in [1.29, 1.82) is 0 Å². The highest BCUT2D eigenvalue weighted by Gasteiger charge is 2.37. The van der Waals surface area contributed by atoms with Crippen molar-refractivity contribution in [3.8, 4) is 22.8 Å². The van der Waals surface area contributed by atoms with E-state index < -0.39 is 23.3 Å². The van der Waals surface area contributed by atoms with Gasteiger partial charge in [-0.25, -0.2) is 4.79 Å². The van der Waals surface area contributed by atoms with Crippen LogP contribution in [0.5, 0.6) is 0 Å². The van der Waals surface area contributed by atoms with Gasteiger partial charge in [0.15, 0.2) is 0 Å². The number of carbonyl (C=O) groups is 1. The van der Waals surface area contributed by atoms with E-state index in [1.165, 1.54) is 6.07 Å². The maximum absolute atomic E-state index is 14.0. The van der Waals surface area contributed by atoms with Gasteiger partial charge in [-0.15, -0.1) is 0 Å². The van der Waals surface area contributed by atoms with Crippen molar-refractivity contribution < 1.29 is 32.0 Å². The van der Waals surface area contributed by atoms with E-state index >= 15 is 0 Å². The van der Waals surface area contributed by atoms with Crippen LogP contribution in [-0.2, 0) is 27.1 Å². The average Bonchev–Trinajstić information content (AvgIpc) is 3.33. The minimum absolute atomic E-state index is 0.00433. The smallest absolute Gasteiger partial charge is 0.418 e. The Kier molecular flexibility index (Phi) is 8.10. The summed E-state index contributed by atoms with van der Waals surface area (Å²) < 4.78 is 58.1. The van der Waals surface area contributed by atoms with Crippen LogP contribution in [-0.4, -0.2) is 40.9 Å². The van der Waals surface area contributed by atoms with Crippen molar-refractivity contribution in [2.45, 2.75) is 71.4 Å². The maximum atomic E-state index is 14.0. The molecule has 0 N–H and O–H groups in total. The predicted molar refractivity (Wildman–Crippen MR) is 136 cm³/mol. The summed E-state index contributed by atoms with van der Waals surface area (Å²) in [5.41, 5.74) is 0.426. The minimum atomic E-state index is -4.53. The third-order valence-corrected chi connectivity index (χ3v) is 6.18. The average molecular weight is 532 g/mol. The number of hydrogen-bond donors (Lipinski definition) is 0. The molecule has 0 saturated carbocycles. The molecule has 1 unspecified atom stereocenters. The highest BCUT2D eigenvalue weighted by molar-refractivity contribution is 5.71. The highest BCUT2D eigenvalue weighted by Crippen LogP contribution is 2.41. The molecule has 1 aliphatic heterocycles. The molecule has 0 radical (unpaired) electrons. The number of carbonyl (C=O) groups excluding carboxylic acids is 1. The van der Waals surface area contributed by atoms with Crippen LogP contribution >= 0.6 is 0 Å². The van der Waals surface area contributed by atoms with Gasteiger partial charge in [0.1, 0.15) is 12.2 Å². The van der Waals surface area contributed by atoms with Gasteiger partial charge in [0.25, 0.3) is 5.89 Å². The number of esters is 1. The molecule has 4 rings (SSSR count). The molecule has 0 spiro atoms. The van der Waals surface area contributed by atoms with E-state index in [2.05, 4.69) is 10.1 Å². The molecule has 0 bridgehead atoms. The Morgan fingerprint density at radius 2 is 1.89 bits per heavy atom. The van der Waals surface area contributed by atoms with Crippen molar-refractivity contribution in [1.82, 2.24) is 10.1 Å². The lowest BCUT2D eigenvalue weighted by molar-refractivity contribution is -0.160. The van der Waals surface area contributed by atoms with Gasteiger partial charge in [0, 0.05) is 29.4 Å². The lowest BCUT2D eigenvalue weighted by atomic mass is 9.99. The molecule has 1 atom stereocenters. The summed E-state index contributed by atoms with van der Waals surface area (Å²) in [6.07, 6.45) is -1.80. The monoisotopic (exact) mass is 531 g/mol. The van der Waals surface area contributed by atoms with Gasteiger partial charge in [-0.3, -0.25) is 0 Å². The first-order valence-corrected chi connectivity index (χ1v) is 12.6. The number of anilines is 1. The summed E-state index contributed by atoms with van der Waals surface area (Å²) in [4.78, 5) is 18.0. The van der Waals surface area contributed by atoms with Crippen LogP contribution in [0.4, 0.5) is 18.9 Å².